The van der Waals surface area contributed by atoms with Gasteiger partial charge in [-0.25, -0.2) is 0 Å². The fourth-order valence-corrected chi connectivity index (χ4v) is 2.56. The van der Waals surface area contributed by atoms with Gasteiger partial charge in [-0.1, -0.05) is 36.9 Å². The van der Waals surface area contributed by atoms with Gasteiger partial charge in [-0.15, -0.1) is 0 Å². The summed E-state index contributed by atoms with van der Waals surface area (Å²) in [4.78, 5) is 0. The molecule has 1 N–H and O–H groups in total. The predicted octanol–water partition coefficient (Wildman–Crippen LogP) is 2.04. The highest BCUT2D eigenvalue weighted by Crippen LogP contribution is 2.40. The van der Waals surface area contributed by atoms with Crippen LogP contribution in [0.15, 0.2) is 42.5 Å². The molecule has 1 aliphatic carbocycles. The lowest BCUT2D eigenvalue weighted by molar-refractivity contribution is -0.230. The van der Waals surface area contributed by atoms with E-state index in [1.807, 2.05) is 30.3 Å². The maximum Gasteiger partial charge on any atom is 0.184 e. The standard InChI is InChI=1S/C14H16O3/c1-9-11-8-16-14(10-5-3-2-4-6-10)17-13(11)7-12(9)15/h2-6,11-15H,1,7-8H2. The van der Waals surface area contributed by atoms with Gasteiger partial charge in [0.1, 0.15) is 0 Å². The third kappa shape index (κ3) is 1.90. The molecule has 0 amide bonds. The largest absolute Gasteiger partial charge is 0.389 e. The van der Waals surface area contributed by atoms with Gasteiger partial charge in [0.2, 0.25) is 0 Å². The van der Waals surface area contributed by atoms with E-state index in [9.17, 15) is 5.11 Å². The van der Waals surface area contributed by atoms with E-state index in [4.69, 9.17) is 9.47 Å². The van der Waals surface area contributed by atoms with Crippen molar-refractivity contribution in [3.63, 3.8) is 0 Å². The minimum Gasteiger partial charge on any atom is -0.389 e. The lowest BCUT2D eigenvalue weighted by Gasteiger charge is -2.32. The monoisotopic (exact) mass is 232 g/mol. The Morgan fingerprint density at radius 2 is 2.00 bits per heavy atom. The summed E-state index contributed by atoms with van der Waals surface area (Å²) in [6.07, 6.45) is -0.0777. The van der Waals surface area contributed by atoms with E-state index in [1.54, 1.807) is 0 Å². The lowest BCUT2D eigenvalue weighted by Crippen LogP contribution is -2.32. The number of hydrogen-bond acceptors (Lipinski definition) is 3. The topological polar surface area (TPSA) is 38.7 Å². The molecule has 1 aromatic carbocycles. The Morgan fingerprint density at radius 1 is 1.24 bits per heavy atom. The van der Waals surface area contributed by atoms with Crippen LogP contribution in [0.25, 0.3) is 0 Å². The van der Waals surface area contributed by atoms with Crippen LogP contribution < -0.4 is 0 Å². The minimum atomic E-state index is -0.442. The van der Waals surface area contributed by atoms with Crippen LogP contribution in [-0.4, -0.2) is 23.9 Å². The van der Waals surface area contributed by atoms with E-state index in [0.29, 0.717) is 13.0 Å². The van der Waals surface area contributed by atoms with Crippen molar-refractivity contribution in [2.45, 2.75) is 24.9 Å². The predicted molar refractivity (Wildman–Crippen MR) is 63.3 cm³/mol. The van der Waals surface area contributed by atoms with E-state index in [0.717, 1.165) is 11.1 Å². The third-order valence-electron chi connectivity index (χ3n) is 3.61. The summed E-state index contributed by atoms with van der Waals surface area (Å²) >= 11 is 0. The van der Waals surface area contributed by atoms with Gasteiger partial charge in [-0.2, -0.15) is 0 Å². The molecule has 1 aromatic rings. The van der Waals surface area contributed by atoms with Crippen LogP contribution in [0.1, 0.15) is 18.3 Å². The van der Waals surface area contributed by atoms with Crippen molar-refractivity contribution in [2.75, 3.05) is 6.61 Å². The highest BCUT2D eigenvalue weighted by Gasteiger charge is 2.42. The quantitative estimate of drug-likeness (QED) is 0.753. The Kier molecular flexibility index (Phi) is 2.74. The summed E-state index contributed by atoms with van der Waals surface area (Å²) in [6.45, 7) is 4.49. The molecule has 17 heavy (non-hydrogen) atoms. The third-order valence-corrected chi connectivity index (χ3v) is 3.61. The van der Waals surface area contributed by atoms with E-state index in [2.05, 4.69) is 6.58 Å². The van der Waals surface area contributed by atoms with Gasteiger partial charge in [0.25, 0.3) is 0 Å². The number of ether oxygens (including phenoxy) is 2. The second-order valence-corrected chi connectivity index (χ2v) is 4.68. The summed E-state index contributed by atoms with van der Waals surface area (Å²) < 4.78 is 11.6. The average molecular weight is 232 g/mol. The van der Waals surface area contributed by atoms with Crippen LogP contribution in [-0.2, 0) is 9.47 Å². The van der Waals surface area contributed by atoms with Gasteiger partial charge in [-0.05, 0) is 5.57 Å². The highest BCUT2D eigenvalue weighted by atomic mass is 16.7. The van der Waals surface area contributed by atoms with Crippen molar-refractivity contribution in [1.82, 2.24) is 0 Å². The smallest absolute Gasteiger partial charge is 0.184 e. The van der Waals surface area contributed by atoms with Gasteiger partial charge in [0.15, 0.2) is 6.29 Å². The molecule has 1 saturated carbocycles. The number of benzene rings is 1. The zero-order valence-corrected chi connectivity index (χ0v) is 9.58. The fraction of sp³-hybridized carbons (Fsp3) is 0.429. The molecule has 0 aromatic heterocycles. The zero-order valence-electron chi connectivity index (χ0n) is 9.58. The van der Waals surface area contributed by atoms with Crippen molar-refractivity contribution in [1.29, 1.82) is 0 Å². The first-order valence-electron chi connectivity index (χ1n) is 5.94. The molecule has 4 unspecified atom stereocenters. The lowest BCUT2D eigenvalue weighted by atomic mass is 10.0. The summed E-state index contributed by atoms with van der Waals surface area (Å²) in [5, 5.41) is 9.75. The Morgan fingerprint density at radius 3 is 2.76 bits per heavy atom. The van der Waals surface area contributed by atoms with Crippen molar-refractivity contribution < 1.29 is 14.6 Å². The molecule has 2 fully saturated rings. The summed E-state index contributed by atoms with van der Waals surface area (Å²) in [7, 11) is 0. The number of fused-ring (bicyclic) bond motifs is 1. The average Bonchev–Trinajstić information content (AvgIpc) is 2.66. The second kappa shape index (κ2) is 4.26. The molecule has 0 spiro atoms. The molecule has 3 rings (SSSR count). The fourth-order valence-electron chi connectivity index (χ4n) is 2.56. The van der Waals surface area contributed by atoms with Crippen LogP contribution in [0, 0.1) is 5.92 Å². The van der Waals surface area contributed by atoms with Crippen LogP contribution in [0.2, 0.25) is 0 Å². The Labute approximate surface area is 101 Å². The molecular formula is C14H16O3. The Hall–Kier alpha value is -1.16. The van der Waals surface area contributed by atoms with Gasteiger partial charge < -0.3 is 14.6 Å². The maximum atomic E-state index is 9.75. The first-order valence-corrected chi connectivity index (χ1v) is 5.94. The van der Waals surface area contributed by atoms with Crippen LogP contribution in [0.4, 0.5) is 0 Å². The maximum absolute atomic E-state index is 9.75. The summed E-state index contributed by atoms with van der Waals surface area (Å²) in [5.41, 5.74) is 1.87. The molecule has 1 aliphatic heterocycles. The molecule has 4 atom stereocenters. The first-order chi connectivity index (χ1) is 8.25. The molecule has 90 valence electrons. The molecule has 2 aliphatic rings. The summed E-state index contributed by atoms with van der Waals surface area (Å²) in [5.74, 6) is 0.143. The van der Waals surface area contributed by atoms with Gasteiger partial charge in [-0.3, -0.25) is 0 Å². The van der Waals surface area contributed by atoms with Crippen LogP contribution >= 0.6 is 0 Å². The number of aliphatic hydroxyl groups is 1. The van der Waals surface area contributed by atoms with Gasteiger partial charge >= 0.3 is 0 Å². The molecular weight excluding hydrogens is 216 g/mol. The normalized spacial score (nSPS) is 36.9. The highest BCUT2D eigenvalue weighted by molar-refractivity contribution is 5.20. The molecule has 1 heterocycles. The molecule has 0 bridgehead atoms. The molecule has 1 saturated heterocycles. The van der Waals surface area contributed by atoms with Crippen molar-refractivity contribution in [3.8, 4) is 0 Å². The number of aliphatic hydroxyl groups excluding tert-OH is 1. The van der Waals surface area contributed by atoms with E-state index >= 15 is 0 Å². The van der Waals surface area contributed by atoms with Crippen molar-refractivity contribution in [3.05, 3.63) is 48.0 Å². The van der Waals surface area contributed by atoms with Crippen LogP contribution in [0.5, 0.6) is 0 Å². The summed E-state index contributed by atoms with van der Waals surface area (Å²) in [6, 6.07) is 9.89. The van der Waals surface area contributed by atoms with Crippen LogP contribution in [0.3, 0.4) is 0 Å². The molecule has 3 nitrogen and oxygen atoms in total. The number of rotatable bonds is 1. The van der Waals surface area contributed by atoms with Gasteiger partial charge in [0, 0.05) is 17.9 Å². The zero-order chi connectivity index (χ0) is 11.8. The van der Waals surface area contributed by atoms with E-state index in [-0.39, 0.29) is 18.3 Å². The first kappa shape index (κ1) is 11.0. The SMILES string of the molecule is C=C1C(O)CC2OC(c3ccccc3)OCC12. The van der Waals surface area contributed by atoms with E-state index in [1.165, 1.54) is 0 Å². The van der Waals surface area contributed by atoms with Gasteiger partial charge in [0.05, 0.1) is 18.8 Å². The number of hydrogen-bond donors (Lipinski definition) is 1. The molecule has 3 heteroatoms. The van der Waals surface area contributed by atoms with E-state index < -0.39 is 6.10 Å². The Balaban J connectivity index is 1.76. The molecule has 0 radical (unpaired) electrons. The Bertz CT molecular complexity index is 415. The minimum absolute atomic E-state index is 0.0384. The second-order valence-electron chi connectivity index (χ2n) is 4.68. The van der Waals surface area contributed by atoms with Crippen molar-refractivity contribution >= 4 is 0 Å². The van der Waals surface area contributed by atoms with Crippen molar-refractivity contribution in [2.24, 2.45) is 5.92 Å².